The second-order valence-electron chi connectivity index (χ2n) is 9.14. The van der Waals surface area contributed by atoms with Gasteiger partial charge in [-0.05, 0) is 40.5 Å². The highest BCUT2D eigenvalue weighted by atomic mass is 16.6. The minimum absolute atomic E-state index is 0.196. The number of hydrogen-bond donors (Lipinski definition) is 0. The first-order chi connectivity index (χ1) is 14.8. The van der Waals surface area contributed by atoms with Crippen LogP contribution in [0.15, 0.2) is 16.8 Å². The fourth-order valence-electron chi connectivity index (χ4n) is 3.95. The van der Waals surface area contributed by atoms with Crippen LogP contribution in [0.2, 0.25) is 0 Å². The summed E-state index contributed by atoms with van der Waals surface area (Å²) in [5.41, 5.74) is 2.15. The summed E-state index contributed by atoms with van der Waals surface area (Å²) in [6, 6.07) is 1.91. The molecule has 0 unspecified atom stereocenters. The van der Waals surface area contributed by atoms with Crippen molar-refractivity contribution in [3.8, 4) is 11.3 Å². The molecular formula is C22H31N5O4. The average Bonchev–Trinajstić information content (AvgIpc) is 3.19. The van der Waals surface area contributed by atoms with Crippen LogP contribution in [0.1, 0.15) is 50.9 Å². The van der Waals surface area contributed by atoms with Crippen molar-refractivity contribution in [3.63, 3.8) is 0 Å². The first-order valence-corrected chi connectivity index (χ1v) is 10.9. The summed E-state index contributed by atoms with van der Waals surface area (Å²) in [4.78, 5) is 26.0. The van der Waals surface area contributed by atoms with Crippen LogP contribution in [-0.2, 0) is 9.47 Å². The van der Waals surface area contributed by atoms with Crippen LogP contribution in [-0.4, -0.2) is 71.1 Å². The van der Waals surface area contributed by atoms with Crippen molar-refractivity contribution in [2.45, 2.75) is 52.1 Å². The number of aromatic nitrogens is 3. The molecular weight excluding hydrogens is 398 g/mol. The average molecular weight is 430 g/mol. The number of anilines is 1. The Morgan fingerprint density at radius 2 is 1.87 bits per heavy atom. The van der Waals surface area contributed by atoms with E-state index in [0.29, 0.717) is 38.0 Å². The number of carbonyl (C=O) groups excluding carboxylic acids is 1. The normalized spacial score (nSPS) is 18.3. The van der Waals surface area contributed by atoms with Gasteiger partial charge in [-0.3, -0.25) is 0 Å². The summed E-state index contributed by atoms with van der Waals surface area (Å²) >= 11 is 0. The van der Waals surface area contributed by atoms with Gasteiger partial charge in [0.15, 0.2) is 5.76 Å². The van der Waals surface area contributed by atoms with E-state index in [1.807, 2.05) is 40.0 Å². The number of morpholine rings is 1. The Hall–Kier alpha value is -2.68. The van der Waals surface area contributed by atoms with Crippen molar-refractivity contribution in [1.82, 2.24) is 20.0 Å². The molecule has 2 aromatic heterocycles. The monoisotopic (exact) mass is 429 g/mol. The molecule has 168 valence electrons. The van der Waals surface area contributed by atoms with Gasteiger partial charge in [-0.15, -0.1) is 0 Å². The van der Waals surface area contributed by atoms with E-state index in [9.17, 15) is 4.79 Å². The molecule has 9 nitrogen and oxygen atoms in total. The highest BCUT2D eigenvalue weighted by Gasteiger charge is 2.31. The van der Waals surface area contributed by atoms with Crippen LogP contribution in [0.3, 0.4) is 0 Å². The number of piperidine rings is 1. The van der Waals surface area contributed by atoms with Crippen molar-refractivity contribution in [2.24, 2.45) is 0 Å². The Morgan fingerprint density at radius 3 is 2.48 bits per heavy atom. The molecule has 2 fully saturated rings. The summed E-state index contributed by atoms with van der Waals surface area (Å²) in [7, 11) is 0. The summed E-state index contributed by atoms with van der Waals surface area (Å²) in [5, 5.41) is 4.03. The van der Waals surface area contributed by atoms with Gasteiger partial charge in [-0.25, -0.2) is 14.8 Å². The zero-order chi connectivity index (χ0) is 22.0. The van der Waals surface area contributed by atoms with E-state index in [1.165, 1.54) is 0 Å². The molecule has 2 aromatic rings. The van der Waals surface area contributed by atoms with Crippen molar-refractivity contribution in [3.05, 3.63) is 23.7 Å². The van der Waals surface area contributed by atoms with Crippen LogP contribution in [0.5, 0.6) is 0 Å². The SMILES string of the molecule is Cc1cc(-c2cnc(N3CCOCC3)nc2C2CCN(C(=O)OC(C)(C)C)CC2)on1. The molecule has 0 atom stereocenters. The minimum Gasteiger partial charge on any atom is -0.444 e. The zero-order valence-electron chi connectivity index (χ0n) is 18.8. The molecule has 0 radical (unpaired) electrons. The number of hydrogen-bond acceptors (Lipinski definition) is 8. The second kappa shape index (κ2) is 8.82. The van der Waals surface area contributed by atoms with Gasteiger partial charge in [0.25, 0.3) is 0 Å². The van der Waals surface area contributed by atoms with Crippen LogP contribution in [0.4, 0.5) is 10.7 Å². The predicted octanol–water partition coefficient (Wildman–Crippen LogP) is 3.39. The molecule has 4 heterocycles. The fraction of sp³-hybridized carbons (Fsp3) is 0.636. The molecule has 0 N–H and O–H groups in total. The van der Waals surface area contributed by atoms with Gasteiger partial charge in [0.05, 0.1) is 30.2 Å². The maximum Gasteiger partial charge on any atom is 0.410 e. The molecule has 0 aromatic carbocycles. The molecule has 2 aliphatic heterocycles. The molecule has 2 saturated heterocycles. The number of aryl methyl sites for hydroxylation is 1. The number of amides is 1. The van der Waals surface area contributed by atoms with E-state index in [4.69, 9.17) is 19.0 Å². The summed E-state index contributed by atoms with van der Waals surface area (Å²) < 4.78 is 16.5. The molecule has 0 spiro atoms. The zero-order valence-corrected chi connectivity index (χ0v) is 18.8. The largest absolute Gasteiger partial charge is 0.444 e. The molecule has 9 heteroatoms. The van der Waals surface area contributed by atoms with Crippen LogP contribution in [0, 0.1) is 6.92 Å². The van der Waals surface area contributed by atoms with E-state index < -0.39 is 5.60 Å². The summed E-state index contributed by atoms with van der Waals surface area (Å²) in [6.07, 6.45) is 3.19. The molecule has 1 amide bonds. The van der Waals surface area contributed by atoms with E-state index in [1.54, 1.807) is 4.90 Å². The van der Waals surface area contributed by atoms with Gasteiger partial charge < -0.3 is 23.8 Å². The smallest absolute Gasteiger partial charge is 0.410 e. The standard InChI is InChI=1S/C22H31N5O4/c1-15-13-18(31-25-15)17-14-23-20(26-9-11-29-12-10-26)24-19(17)16-5-7-27(8-6-16)21(28)30-22(2,3)4/h13-14,16H,5-12H2,1-4H3. The Bertz CT molecular complexity index is 909. The van der Waals surface area contributed by atoms with Gasteiger partial charge >= 0.3 is 6.09 Å². The number of likely N-dealkylation sites (tertiary alicyclic amines) is 1. The quantitative estimate of drug-likeness (QED) is 0.733. The number of ether oxygens (including phenoxy) is 2. The first kappa shape index (κ1) is 21.5. The molecule has 2 aliphatic rings. The third kappa shape index (κ3) is 5.15. The van der Waals surface area contributed by atoms with Crippen LogP contribution in [0.25, 0.3) is 11.3 Å². The molecule has 31 heavy (non-hydrogen) atoms. The van der Waals surface area contributed by atoms with Crippen LogP contribution < -0.4 is 4.90 Å². The number of nitrogens with zero attached hydrogens (tertiary/aromatic N) is 5. The van der Waals surface area contributed by atoms with Gasteiger partial charge in [-0.2, -0.15) is 0 Å². The van der Waals surface area contributed by atoms with Crippen molar-refractivity contribution >= 4 is 12.0 Å². The Kier molecular flexibility index (Phi) is 6.13. The predicted molar refractivity (Wildman–Crippen MR) is 115 cm³/mol. The van der Waals surface area contributed by atoms with Crippen molar-refractivity contribution in [1.29, 1.82) is 0 Å². The lowest BCUT2D eigenvalue weighted by Crippen LogP contribution is -2.41. The molecule has 0 saturated carbocycles. The topological polar surface area (TPSA) is 93.8 Å². The van der Waals surface area contributed by atoms with Gasteiger partial charge in [0, 0.05) is 44.4 Å². The number of carbonyl (C=O) groups is 1. The van der Waals surface area contributed by atoms with Crippen LogP contribution >= 0.6 is 0 Å². The summed E-state index contributed by atoms with van der Waals surface area (Å²) in [5.74, 6) is 1.59. The molecule has 4 rings (SSSR count). The van der Waals surface area contributed by atoms with E-state index >= 15 is 0 Å². The lowest BCUT2D eigenvalue weighted by atomic mass is 9.90. The van der Waals surface area contributed by atoms with Gasteiger partial charge in [-0.1, -0.05) is 5.16 Å². The fourth-order valence-corrected chi connectivity index (χ4v) is 3.95. The lowest BCUT2D eigenvalue weighted by molar-refractivity contribution is 0.0204. The Balaban J connectivity index is 1.56. The van der Waals surface area contributed by atoms with E-state index in [2.05, 4.69) is 15.0 Å². The Morgan fingerprint density at radius 1 is 1.16 bits per heavy atom. The lowest BCUT2D eigenvalue weighted by Gasteiger charge is -2.34. The van der Waals surface area contributed by atoms with E-state index in [0.717, 1.165) is 42.9 Å². The highest BCUT2D eigenvalue weighted by molar-refractivity contribution is 5.68. The third-order valence-electron chi connectivity index (χ3n) is 5.53. The van der Waals surface area contributed by atoms with E-state index in [-0.39, 0.29) is 12.0 Å². The Labute approximate surface area is 182 Å². The second-order valence-corrected chi connectivity index (χ2v) is 9.14. The van der Waals surface area contributed by atoms with Gasteiger partial charge in [0.1, 0.15) is 5.60 Å². The molecule has 0 aliphatic carbocycles. The highest BCUT2D eigenvalue weighted by Crippen LogP contribution is 2.35. The number of rotatable bonds is 3. The van der Waals surface area contributed by atoms with Crippen molar-refractivity contribution in [2.75, 3.05) is 44.3 Å². The van der Waals surface area contributed by atoms with Gasteiger partial charge in [0.2, 0.25) is 5.95 Å². The minimum atomic E-state index is -0.495. The molecule has 0 bridgehead atoms. The third-order valence-corrected chi connectivity index (χ3v) is 5.53. The maximum atomic E-state index is 12.4. The summed E-state index contributed by atoms with van der Waals surface area (Å²) in [6.45, 7) is 11.7. The first-order valence-electron chi connectivity index (χ1n) is 10.9. The maximum absolute atomic E-state index is 12.4. The van der Waals surface area contributed by atoms with Crippen molar-refractivity contribution < 1.29 is 18.8 Å².